The molecule has 0 radical (unpaired) electrons. The minimum atomic E-state index is -0.983. The highest BCUT2D eigenvalue weighted by Gasteiger charge is 2.25. The van der Waals surface area contributed by atoms with Crippen molar-refractivity contribution in [3.8, 4) is 0 Å². The van der Waals surface area contributed by atoms with E-state index < -0.39 is 34.7 Å². The van der Waals surface area contributed by atoms with Crippen molar-refractivity contribution in [2.24, 2.45) is 0 Å². The fourth-order valence-electron chi connectivity index (χ4n) is 3.54. The SMILES string of the molecule is CCN(C(=O)COC(=O)c1cc([N+](=O)[O-])ccc1NC)c1c(N)n(Cc2ccccc2)c(=O)[nH]c1=O. The van der Waals surface area contributed by atoms with Crippen LogP contribution in [0.1, 0.15) is 22.8 Å². The maximum absolute atomic E-state index is 12.9. The van der Waals surface area contributed by atoms with E-state index in [1.165, 1.54) is 19.2 Å². The zero-order chi connectivity index (χ0) is 26.4. The predicted octanol–water partition coefficient (Wildman–Crippen LogP) is 1.33. The van der Waals surface area contributed by atoms with Crippen LogP contribution in [0.5, 0.6) is 0 Å². The van der Waals surface area contributed by atoms with Crippen LogP contribution in [-0.2, 0) is 16.1 Å². The summed E-state index contributed by atoms with van der Waals surface area (Å²) >= 11 is 0. The minimum Gasteiger partial charge on any atom is -0.452 e. The quantitative estimate of drug-likeness (QED) is 0.223. The lowest BCUT2D eigenvalue weighted by Crippen LogP contribution is -2.42. The second-order valence-corrected chi connectivity index (χ2v) is 7.52. The van der Waals surface area contributed by atoms with Crippen molar-refractivity contribution in [2.45, 2.75) is 13.5 Å². The average Bonchev–Trinajstić information content (AvgIpc) is 2.87. The molecule has 36 heavy (non-hydrogen) atoms. The van der Waals surface area contributed by atoms with E-state index in [1.54, 1.807) is 37.3 Å². The number of amides is 1. The highest BCUT2D eigenvalue weighted by atomic mass is 16.6. The molecule has 188 valence electrons. The third-order valence-corrected chi connectivity index (χ3v) is 5.31. The molecule has 0 bridgehead atoms. The number of anilines is 3. The zero-order valence-electron chi connectivity index (χ0n) is 19.5. The molecule has 1 aromatic heterocycles. The highest BCUT2D eigenvalue weighted by Crippen LogP contribution is 2.23. The van der Waals surface area contributed by atoms with Gasteiger partial charge in [0, 0.05) is 31.4 Å². The first-order chi connectivity index (χ1) is 17.2. The molecule has 0 fully saturated rings. The zero-order valence-corrected chi connectivity index (χ0v) is 19.5. The number of carbonyl (C=O) groups excluding carboxylic acids is 2. The number of nitrogen functional groups attached to an aromatic ring is 1. The van der Waals surface area contributed by atoms with Crippen LogP contribution in [0.2, 0.25) is 0 Å². The van der Waals surface area contributed by atoms with Crippen LogP contribution in [0.3, 0.4) is 0 Å². The molecule has 0 aliphatic heterocycles. The van der Waals surface area contributed by atoms with Gasteiger partial charge in [-0.25, -0.2) is 9.59 Å². The van der Waals surface area contributed by atoms with Gasteiger partial charge in [-0.2, -0.15) is 0 Å². The molecule has 0 spiro atoms. The molecule has 1 heterocycles. The van der Waals surface area contributed by atoms with E-state index in [0.29, 0.717) is 0 Å². The number of hydrogen-bond donors (Lipinski definition) is 3. The lowest BCUT2D eigenvalue weighted by Gasteiger charge is -2.23. The molecule has 1 amide bonds. The average molecular weight is 496 g/mol. The van der Waals surface area contributed by atoms with Crippen LogP contribution in [0, 0.1) is 10.1 Å². The Kier molecular flexibility index (Phi) is 7.84. The van der Waals surface area contributed by atoms with Gasteiger partial charge in [0.05, 0.1) is 17.0 Å². The van der Waals surface area contributed by atoms with Gasteiger partial charge in [0.1, 0.15) is 5.82 Å². The Bertz CT molecular complexity index is 1410. The Hall–Kier alpha value is -4.94. The van der Waals surface area contributed by atoms with Gasteiger partial charge in [-0.15, -0.1) is 0 Å². The molecule has 0 saturated heterocycles. The number of ether oxygens (including phenoxy) is 1. The summed E-state index contributed by atoms with van der Waals surface area (Å²) in [5.74, 6) is -2.00. The largest absolute Gasteiger partial charge is 0.452 e. The first-order valence-electron chi connectivity index (χ1n) is 10.8. The monoisotopic (exact) mass is 496 g/mol. The number of nitrogens with two attached hydrogens (primary N) is 1. The number of nitrogens with one attached hydrogen (secondary N) is 2. The van der Waals surface area contributed by atoms with E-state index >= 15 is 0 Å². The Morgan fingerprint density at radius 1 is 1.19 bits per heavy atom. The summed E-state index contributed by atoms with van der Waals surface area (Å²) in [7, 11) is 1.52. The van der Waals surface area contributed by atoms with Gasteiger partial charge >= 0.3 is 11.7 Å². The van der Waals surface area contributed by atoms with Crippen LogP contribution < -0.4 is 27.2 Å². The lowest BCUT2D eigenvalue weighted by molar-refractivity contribution is -0.384. The summed E-state index contributed by atoms with van der Waals surface area (Å²) in [6.07, 6.45) is 0. The maximum atomic E-state index is 12.9. The summed E-state index contributed by atoms with van der Waals surface area (Å²) in [6, 6.07) is 12.5. The fourth-order valence-corrected chi connectivity index (χ4v) is 3.54. The number of esters is 1. The fraction of sp³-hybridized carbons (Fsp3) is 0.217. The predicted molar refractivity (Wildman–Crippen MR) is 132 cm³/mol. The number of likely N-dealkylation sites (N-methyl/N-ethyl adjacent to an activating group) is 1. The molecular formula is C23H24N6O7. The normalized spacial score (nSPS) is 10.5. The first-order valence-corrected chi connectivity index (χ1v) is 10.8. The molecule has 0 aliphatic rings. The topological polar surface area (TPSA) is 183 Å². The van der Waals surface area contributed by atoms with Crippen molar-refractivity contribution < 1.29 is 19.2 Å². The van der Waals surface area contributed by atoms with Crippen LogP contribution in [0.25, 0.3) is 0 Å². The number of carbonyl (C=O) groups is 2. The van der Waals surface area contributed by atoms with Gasteiger partial charge < -0.3 is 20.7 Å². The molecule has 0 saturated carbocycles. The summed E-state index contributed by atoms with van der Waals surface area (Å²) in [4.78, 5) is 64.1. The van der Waals surface area contributed by atoms with Gasteiger partial charge in [0.2, 0.25) is 0 Å². The van der Waals surface area contributed by atoms with E-state index in [9.17, 15) is 29.3 Å². The summed E-state index contributed by atoms with van der Waals surface area (Å²) < 4.78 is 6.21. The number of H-pyrrole nitrogens is 1. The number of nitro groups is 1. The van der Waals surface area contributed by atoms with Gasteiger partial charge in [-0.3, -0.25) is 29.3 Å². The number of non-ortho nitro benzene ring substituents is 1. The molecule has 0 unspecified atom stereocenters. The second-order valence-electron chi connectivity index (χ2n) is 7.52. The molecule has 0 aliphatic carbocycles. The van der Waals surface area contributed by atoms with Crippen molar-refractivity contribution in [1.82, 2.24) is 9.55 Å². The summed E-state index contributed by atoms with van der Waals surface area (Å²) in [5.41, 5.74) is 4.79. The number of aromatic nitrogens is 2. The molecule has 3 rings (SSSR count). The van der Waals surface area contributed by atoms with E-state index in [1.807, 2.05) is 0 Å². The minimum absolute atomic E-state index is 0.0220. The number of aromatic amines is 1. The van der Waals surface area contributed by atoms with Gasteiger partial charge in [-0.05, 0) is 18.6 Å². The van der Waals surface area contributed by atoms with Crippen molar-refractivity contribution in [3.63, 3.8) is 0 Å². The Morgan fingerprint density at radius 3 is 2.50 bits per heavy atom. The standard InChI is InChI=1S/C23H24N6O7/c1-3-27(18(30)13-36-22(32)16-11-15(29(34)35)9-10-17(16)25-2)19-20(24)28(23(33)26-21(19)31)12-14-7-5-4-6-8-14/h4-11,25H,3,12-13,24H2,1-2H3,(H,26,31,33). The molecule has 3 aromatic rings. The van der Waals surface area contributed by atoms with E-state index in [4.69, 9.17) is 10.5 Å². The third-order valence-electron chi connectivity index (χ3n) is 5.31. The van der Waals surface area contributed by atoms with Crippen LogP contribution in [0.4, 0.5) is 22.9 Å². The molecule has 4 N–H and O–H groups in total. The smallest absolute Gasteiger partial charge is 0.341 e. The van der Waals surface area contributed by atoms with E-state index in [2.05, 4.69) is 10.3 Å². The van der Waals surface area contributed by atoms with Gasteiger partial charge in [-0.1, -0.05) is 30.3 Å². The van der Waals surface area contributed by atoms with Crippen molar-refractivity contribution in [3.05, 3.63) is 90.6 Å². The van der Waals surface area contributed by atoms with Crippen LogP contribution in [-0.4, -0.2) is 46.6 Å². The molecule has 13 nitrogen and oxygen atoms in total. The third kappa shape index (κ3) is 5.41. The highest BCUT2D eigenvalue weighted by molar-refractivity contribution is 6.00. The van der Waals surface area contributed by atoms with Crippen molar-refractivity contribution >= 4 is 34.8 Å². The van der Waals surface area contributed by atoms with Gasteiger partial charge in [0.25, 0.3) is 17.2 Å². The van der Waals surface area contributed by atoms with E-state index in [-0.39, 0.29) is 41.5 Å². The molecule has 13 heteroatoms. The van der Waals surface area contributed by atoms with Crippen molar-refractivity contribution in [1.29, 1.82) is 0 Å². The summed E-state index contributed by atoms with van der Waals surface area (Å²) in [5, 5.41) is 13.8. The Morgan fingerprint density at radius 2 is 1.89 bits per heavy atom. The number of rotatable bonds is 9. The van der Waals surface area contributed by atoms with Gasteiger partial charge in [0.15, 0.2) is 12.3 Å². The molecule has 2 aromatic carbocycles. The van der Waals surface area contributed by atoms with Crippen molar-refractivity contribution in [2.75, 3.05) is 36.1 Å². The summed E-state index contributed by atoms with van der Waals surface area (Å²) in [6.45, 7) is 0.821. The number of benzene rings is 2. The van der Waals surface area contributed by atoms with Crippen LogP contribution in [0.15, 0.2) is 58.1 Å². The first kappa shape index (κ1) is 25.7. The lowest BCUT2D eigenvalue weighted by atomic mass is 10.1. The Labute approximate surface area is 204 Å². The number of nitro benzene ring substituents is 1. The van der Waals surface area contributed by atoms with Crippen LogP contribution >= 0.6 is 0 Å². The molecule has 0 atom stereocenters. The Balaban J connectivity index is 1.86. The maximum Gasteiger partial charge on any atom is 0.341 e. The van der Waals surface area contributed by atoms with E-state index in [0.717, 1.165) is 21.1 Å². The number of nitrogens with zero attached hydrogens (tertiary/aromatic N) is 3. The second kappa shape index (κ2) is 11.0. The molecular weight excluding hydrogens is 472 g/mol. The number of hydrogen-bond acceptors (Lipinski definition) is 9.